The highest BCUT2D eigenvalue weighted by Crippen LogP contribution is 2.60. The summed E-state index contributed by atoms with van der Waals surface area (Å²) in [6, 6.07) is 0. The molecule has 0 aromatic heterocycles. The second-order valence-electron chi connectivity index (χ2n) is 11.7. The third kappa shape index (κ3) is 5.84. The molecule has 0 aromatic carbocycles. The molecule has 0 aliphatic heterocycles. The first-order chi connectivity index (χ1) is 14.8. The Morgan fingerprint density at radius 2 is 1.81 bits per heavy atom. The van der Waals surface area contributed by atoms with Crippen LogP contribution in [0, 0.1) is 35.0 Å². The molecule has 0 radical (unpaired) electrons. The van der Waals surface area contributed by atoms with Crippen LogP contribution in [0.1, 0.15) is 98.3 Å². The van der Waals surface area contributed by atoms with Crippen LogP contribution in [0.5, 0.6) is 0 Å². The van der Waals surface area contributed by atoms with Crippen LogP contribution in [0.25, 0.3) is 0 Å². The Morgan fingerprint density at radius 1 is 1.06 bits per heavy atom. The van der Waals surface area contributed by atoms with E-state index in [0.717, 1.165) is 23.3 Å². The van der Waals surface area contributed by atoms with Crippen molar-refractivity contribution in [2.24, 2.45) is 35.0 Å². The average molecular weight is 433 g/mol. The minimum absolute atomic E-state index is 0.0162. The van der Waals surface area contributed by atoms with Crippen LogP contribution in [-0.2, 0) is 0 Å². The first-order valence-electron chi connectivity index (χ1n) is 13.1. The Kier molecular flexibility index (Phi) is 8.86. The molecular weight excluding hydrogens is 384 g/mol. The molecule has 0 saturated heterocycles. The number of aliphatic hydroxyl groups excluding tert-OH is 3. The zero-order valence-corrected chi connectivity index (χ0v) is 20.5. The maximum atomic E-state index is 10.4. The van der Waals surface area contributed by atoms with Gasteiger partial charge in [0.2, 0.25) is 0 Å². The van der Waals surface area contributed by atoms with E-state index in [4.69, 9.17) is 0 Å². The van der Waals surface area contributed by atoms with E-state index in [0.29, 0.717) is 30.6 Å². The number of fused-ring (bicyclic) bond motifs is 1. The summed E-state index contributed by atoms with van der Waals surface area (Å²) in [6.45, 7) is 9.82. The molecule has 3 nitrogen and oxygen atoms in total. The van der Waals surface area contributed by atoms with Crippen molar-refractivity contribution in [2.45, 2.75) is 111 Å². The van der Waals surface area contributed by atoms with E-state index in [-0.39, 0.29) is 12.5 Å². The van der Waals surface area contributed by atoms with E-state index >= 15 is 0 Å². The van der Waals surface area contributed by atoms with E-state index in [1.165, 1.54) is 51.4 Å². The molecule has 0 amide bonds. The van der Waals surface area contributed by atoms with Gasteiger partial charge in [-0.2, -0.15) is 0 Å². The van der Waals surface area contributed by atoms with Crippen molar-refractivity contribution in [3.8, 4) is 0 Å². The Labute approximate surface area is 191 Å². The molecule has 3 rings (SSSR count). The predicted molar refractivity (Wildman–Crippen MR) is 129 cm³/mol. The standard InChI is InChI=1S/C28H48O3/c1-19(2)7-5-8-20(3)25-12-13-26-21(9-6-15-28(25,26)4)10-11-22-17-23(30)18-27(31)24(22)14-16-29/h10-11,19-20,23-27,29-31H,5-9,12-18H2,1-4H3/b21-10+,22-11+/t20-,23-,24+,25-,26+,27+,28-/m1/s1. The van der Waals surface area contributed by atoms with Gasteiger partial charge in [0.1, 0.15) is 0 Å². The SMILES string of the molecule is CC(C)CCC[C@@H](C)[C@H]1CC[C@H]2/C(=C/C=C3\C[C@@H](O)C[C@H](O)[C@H]3CCO)CCC[C@]12C. The van der Waals surface area contributed by atoms with Crippen LogP contribution in [0.3, 0.4) is 0 Å². The van der Waals surface area contributed by atoms with Gasteiger partial charge in [0.25, 0.3) is 0 Å². The summed E-state index contributed by atoms with van der Waals surface area (Å²) < 4.78 is 0. The molecule has 0 unspecified atom stereocenters. The fourth-order valence-corrected chi connectivity index (χ4v) is 7.38. The van der Waals surface area contributed by atoms with Crippen molar-refractivity contribution in [2.75, 3.05) is 6.61 Å². The highest BCUT2D eigenvalue weighted by Gasteiger charge is 2.50. The quantitative estimate of drug-likeness (QED) is 0.439. The van der Waals surface area contributed by atoms with E-state index in [1.54, 1.807) is 5.57 Å². The minimum Gasteiger partial charge on any atom is -0.396 e. The van der Waals surface area contributed by atoms with Crippen molar-refractivity contribution in [1.82, 2.24) is 0 Å². The summed E-state index contributed by atoms with van der Waals surface area (Å²) >= 11 is 0. The third-order valence-electron chi connectivity index (χ3n) is 9.04. The average Bonchev–Trinajstić information content (AvgIpc) is 3.06. The van der Waals surface area contributed by atoms with Crippen LogP contribution in [0.2, 0.25) is 0 Å². The van der Waals surface area contributed by atoms with Crippen molar-refractivity contribution >= 4 is 0 Å². The Balaban J connectivity index is 1.73. The molecule has 0 aromatic rings. The molecule has 178 valence electrons. The lowest BCUT2D eigenvalue weighted by Gasteiger charge is -2.44. The second kappa shape index (κ2) is 11.0. The van der Waals surface area contributed by atoms with E-state index < -0.39 is 12.2 Å². The van der Waals surface area contributed by atoms with Gasteiger partial charge in [0, 0.05) is 18.9 Å². The monoisotopic (exact) mass is 432 g/mol. The first kappa shape index (κ1) is 25.0. The van der Waals surface area contributed by atoms with Crippen molar-refractivity contribution < 1.29 is 15.3 Å². The van der Waals surface area contributed by atoms with E-state index in [9.17, 15) is 15.3 Å². The maximum absolute atomic E-state index is 10.4. The van der Waals surface area contributed by atoms with Gasteiger partial charge in [-0.05, 0) is 74.0 Å². The molecule has 7 atom stereocenters. The van der Waals surface area contributed by atoms with Gasteiger partial charge in [0.15, 0.2) is 0 Å². The Bertz CT molecular complexity index is 636. The van der Waals surface area contributed by atoms with Crippen LogP contribution in [-0.4, -0.2) is 34.1 Å². The summed E-state index contributed by atoms with van der Waals surface area (Å²) in [7, 11) is 0. The van der Waals surface area contributed by atoms with Gasteiger partial charge < -0.3 is 15.3 Å². The molecule has 3 aliphatic carbocycles. The largest absolute Gasteiger partial charge is 0.396 e. The molecule has 0 bridgehead atoms. The first-order valence-corrected chi connectivity index (χ1v) is 13.1. The predicted octanol–water partition coefficient (Wildman–Crippen LogP) is 6.03. The van der Waals surface area contributed by atoms with E-state index in [2.05, 4.69) is 39.8 Å². The normalized spacial score (nSPS) is 39.9. The number of hydrogen-bond acceptors (Lipinski definition) is 3. The number of rotatable bonds is 8. The van der Waals surface area contributed by atoms with Gasteiger partial charge >= 0.3 is 0 Å². The zero-order chi connectivity index (χ0) is 22.6. The molecule has 31 heavy (non-hydrogen) atoms. The lowest BCUT2D eigenvalue weighted by Crippen LogP contribution is -2.36. The fraction of sp³-hybridized carbons (Fsp3) is 0.857. The number of allylic oxidation sites excluding steroid dienone is 3. The lowest BCUT2D eigenvalue weighted by atomic mass is 9.60. The number of aliphatic hydroxyl groups is 3. The summed E-state index contributed by atoms with van der Waals surface area (Å²) in [6.07, 6.45) is 15.8. The van der Waals surface area contributed by atoms with Crippen LogP contribution < -0.4 is 0 Å². The van der Waals surface area contributed by atoms with Crippen molar-refractivity contribution in [3.63, 3.8) is 0 Å². The smallest absolute Gasteiger partial charge is 0.0631 e. The fourth-order valence-electron chi connectivity index (χ4n) is 7.38. The van der Waals surface area contributed by atoms with Crippen molar-refractivity contribution in [3.05, 3.63) is 23.3 Å². The van der Waals surface area contributed by atoms with Crippen LogP contribution >= 0.6 is 0 Å². The van der Waals surface area contributed by atoms with E-state index in [1.807, 2.05) is 0 Å². The highest BCUT2D eigenvalue weighted by atomic mass is 16.3. The Hall–Kier alpha value is -0.640. The van der Waals surface area contributed by atoms with Crippen LogP contribution in [0.4, 0.5) is 0 Å². The number of hydrogen-bond donors (Lipinski definition) is 3. The molecule has 3 heteroatoms. The van der Waals surface area contributed by atoms with Gasteiger partial charge in [-0.15, -0.1) is 0 Å². The highest BCUT2D eigenvalue weighted by molar-refractivity contribution is 5.27. The van der Waals surface area contributed by atoms with Crippen LogP contribution in [0.15, 0.2) is 23.3 Å². The molecular formula is C28H48O3. The summed E-state index contributed by atoms with van der Waals surface area (Å²) in [4.78, 5) is 0. The summed E-state index contributed by atoms with van der Waals surface area (Å²) in [5.41, 5.74) is 3.14. The molecule has 3 fully saturated rings. The minimum atomic E-state index is -0.542. The summed E-state index contributed by atoms with van der Waals surface area (Å²) in [5, 5.41) is 30.1. The molecule has 3 aliphatic rings. The molecule has 3 saturated carbocycles. The summed E-state index contributed by atoms with van der Waals surface area (Å²) in [5.74, 6) is 3.12. The zero-order valence-electron chi connectivity index (χ0n) is 20.5. The molecule has 0 heterocycles. The second-order valence-corrected chi connectivity index (χ2v) is 11.7. The van der Waals surface area contributed by atoms with Gasteiger partial charge in [-0.1, -0.05) is 70.3 Å². The molecule has 0 spiro atoms. The lowest BCUT2D eigenvalue weighted by molar-refractivity contribution is 0.0207. The maximum Gasteiger partial charge on any atom is 0.0631 e. The van der Waals surface area contributed by atoms with Crippen molar-refractivity contribution in [1.29, 1.82) is 0 Å². The molecule has 3 N–H and O–H groups in total. The topological polar surface area (TPSA) is 60.7 Å². The third-order valence-corrected chi connectivity index (χ3v) is 9.04. The van der Waals surface area contributed by atoms with Gasteiger partial charge in [-0.3, -0.25) is 0 Å². The Morgan fingerprint density at radius 3 is 2.52 bits per heavy atom. The van der Waals surface area contributed by atoms with Gasteiger partial charge in [-0.25, -0.2) is 0 Å². The van der Waals surface area contributed by atoms with Gasteiger partial charge in [0.05, 0.1) is 12.2 Å².